The Labute approximate surface area is 200 Å². The molecule has 3 aliphatic heterocycles. The van der Waals surface area contributed by atoms with Crippen molar-refractivity contribution >= 4 is 17.0 Å². The Balaban J connectivity index is 1.33. The largest absolute Gasteiger partial charge is 0.296 e. The molecule has 34 heavy (non-hydrogen) atoms. The van der Waals surface area contributed by atoms with Gasteiger partial charge in [-0.05, 0) is 75.0 Å². The lowest BCUT2D eigenvalue weighted by atomic mass is 9.94. The van der Waals surface area contributed by atoms with Crippen molar-refractivity contribution in [1.82, 2.24) is 24.4 Å². The fraction of sp³-hybridized carbons (Fsp3) is 0.321. The second-order valence-electron chi connectivity index (χ2n) is 9.66. The fourth-order valence-corrected chi connectivity index (χ4v) is 5.12. The van der Waals surface area contributed by atoms with Crippen molar-refractivity contribution in [3.05, 3.63) is 94.4 Å². The molecular formula is C28H29N5O. The minimum atomic E-state index is -0.0605. The van der Waals surface area contributed by atoms with Gasteiger partial charge in [-0.3, -0.25) is 19.6 Å². The highest BCUT2D eigenvalue weighted by Gasteiger charge is 2.30. The van der Waals surface area contributed by atoms with E-state index in [1.165, 1.54) is 18.4 Å². The van der Waals surface area contributed by atoms with Crippen molar-refractivity contribution in [3.8, 4) is 0 Å². The summed E-state index contributed by atoms with van der Waals surface area (Å²) < 4.78 is 1.85. The van der Waals surface area contributed by atoms with E-state index in [0.717, 1.165) is 70.6 Å². The highest BCUT2D eigenvalue weighted by molar-refractivity contribution is 6.00. The number of allylic oxidation sites excluding steroid dienone is 7. The summed E-state index contributed by atoms with van der Waals surface area (Å²) in [7, 11) is 0. The van der Waals surface area contributed by atoms with Crippen LogP contribution in [0.5, 0.6) is 0 Å². The van der Waals surface area contributed by atoms with Gasteiger partial charge in [0.15, 0.2) is 0 Å². The summed E-state index contributed by atoms with van der Waals surface area (Å²) in [5, 5.41) is 4.72. The molecule has 1 amide bonds. The summed E-state index contributed by atoms with van der Waals surface area (Å²) >= 11 is 0. The van der Waals surface area contributed by atoms with E-state index in [1.807, 2.05) is 55.1 Å². The number of aryl methyl sites for hydroxylation is 2. The van der Waals surface area contributed by atoms with E-state index in [9.17, 15) is 4.79 Å². The molecule has 2 aromatic rings. The maximum Gasteiger partial charge on any atom is 0.255 e. The van der Waals surface area contributed by atoms with Gasteiger partial charge in [-0.25, -0.2) is 4.52 Å². The molecule has 172 valence electrons. The van der Waals surface area contributed by atoms with Crippen LogP contribution in [-0.2, 0) is 4.79 Å². The van der Waals surface area contributed by atoms with E-state index >= 15 is 0 Å². The summed E-state index contributed by atoms with van der Waals surface area (Å²) in [6.45, 7) is 8.13. The molecule has 6 rings (SSSR count). The van der Waals surface area contributed by atoms with Crippen LogP contribution in [0, 0.1) is 13.8 Å². The van der Waals surface area contributed by atoms with Crippen LogP contribution < -0.4 is 0 Å². The zero-order valence-electron chi connectivity index (χ0n) is 20.0. The maximum atomic E-state index is 13.5. The van der Waals surface area contributed by atoms with Gasteiger partial charge in [0, 0.05) is 37.0 Å². The van der Waals surface area contributed by atoms with E-state index < -0.39 is 0 Å². The Morgan fingerprint density at radius 1 is 1.09 bits per heavy atom. The maximum absolute atomic E-state index is 13.5. The Morgan fingerprint density at radius 2 is 1.94 bits per heavy atom. The van der Waals surface area contributed by atoms with Crippen LogP contribution in [0.15, 0.2) is 77.3 Å². The Bertz CT molecular complexity index is 1390. The van der Waals surface area contributed by atoms with Crippen LogP contribution in [0.25, 0.3) is 11.1 Å². The number of hydrogen-bond donors (Lipinski definition) is 0. The SMILES string of the molecule is CC1=CC(C2=CCN(C3CC3)CC2)=CN2C(=O)/C=C(c3cc4c(C)nc(C)cn4n3)\C=C\C=C12. The van der Waals surface area contributed by atoms with E-state index in [-0.39, 0.29) is 5.91 Å². The molecule has 0 atom stereocenters. The van der Waals surface area contributed by atoms with Crippen molar-refractivity contribution in [1.29, 1.82) is 0 Å². The number of hydrogen-bond acceptors (Lipinski definition) is 4. The van der Waals surface area contributed by atoms with Crippen LogP contribution in [0.2, 0.25) is 0 Å². The first kappa shape index (κ1) is 21.1. The standard InChI is InChI=1S/C28H29N5O/c1-18-13-23(21-9-11-31(12-10-21)24-7-8-24)17-32-26(18)6-4-5-22(14-28(32)34)25-15-27-20(3)29-19(2)16-33(27)30-25/h4-6,9,13-17,24H,7-8,10-12H2,1-3H3/b5-4+,22-14+,26-6?. The Hall–Kier alpha value is -3.51. The average molecular weight is 452 g/mol. The zero-order chi connectivity index (χ0) is 23.4. The smallest absolute Gasteiger partial charge is 0.255 e. The molecule has 0 saturated heterocycles. The lowest BCUT2D eigenvalue weighted by Crippen LogP contribution is -2.32. The highest BCUT2D eigenvalue weighted by Crippen LogP contribution is 2.34. The number of rotatable bonds is 3. The van der Waals surface area contributed by atoms with Gasteiger partial charge in [0.2, 0.25) is 0 Å². The molecule has 6 heteroatoms. The van der Waals surface area contributed by atoms with Gasteiger partial charge in [0.05, 0.1) is 34.5 Å². The summed E-state index contributed by atoms with van der Waals surface area (Å²) in [6, 6.07) is 2.79. The number of amides is 1. The van der Waals surface area contributed by atoms with Gasteiger partial charge < -0.3 is 0 Å². The molecule has 0 aromatic carbocycles. The van der Waals surface area contributed by atoms with Gasteiger partial charge in [-0.1, -0.05) is 18.2 Å². The third-order valence-electron chi connectivity index (χ3n) is 7.08. The second kappa shape index (κ2) is 8.06. The van der Waals surface area contributed by atoms with Gasteiger partial charge in [-0.15, -0.1) is 0 Å². The van der Waals surface area contributed by atoms with Gasteiger partial charge in [-0.2, -0.15) is 5.10 Å². The van der Waals surface area contributed by atoms with Crippen molar-refractivity contribution < 1.29 is 4.79 Å². The van der Waals surface area contributed by atoms with Gasteiger partial charge >= 0.3 is 0 Å². The molecule has 1 fully saturated rings. The first-order valence-corrected chi connectivity index (χ1v) is 12.1. The Morgan fingerprint density at radius 3 is 2.71 bits per heavy atom. The fourth-order valence-electron chi connectivity index (χ4n) is 5.12. The predicted octanol–water partition coefficient (Wildman–Crippen LogP) is 4.65. The third kappa shape index (κ3) is 3.78. The summed E-state index contributed by atoms with van der Waals surface area (Å²) in [5.41, 5.74) is 8.84. The minimum Gasteiger partial charge on any atom is -0.296 e. The number of carbonyl (C=O) groups excluding carboxylic acids is 1. The van der Waals surface area contributed by atoms with E-state index in [2.05, 4.69) is 29.0 Å². The molecule has 2 aromatic heterocycles. The monoisotopic (exact) mass is 451 g/mol. The molecular weight excluding hydrogens is 422 g/mol. The highest BCUT2D eigenvalue weighted by atomic mass is 16.2. The van der Waals surface area contributed by atoms with Crippen LogP contribution in [0.3, 0.4) is 0 Å². The zero-order valence-corrected chi connectivity index (χ0v) is 20.0. The molecule has 1 saturated carbocycles. The first-order valence-electron chi connectivity index (χ1n) is 12.1. The first-order chi connectivity index (χ1) is 16.5. The van der Waals surface area contributed by atoms with Gasteiger partial charge in [0.25, 0.3) is 5.91 Å². The molecule has 6 nitrogen and oxygen atoms in total. The van der Waals surface area contributed by atoms with Crippen LogP contribution >= 0.6 is 0 Å². The summed E-state index contributed by atoms with van der Waals surface area (Å²) in [4.78, 5) is 22.4. The summed E-state index contributed by atoms with van der Waals surface area (Å²) in [5.74, 6) is -0.0605. The molecule has 0 radical (unpaired) electrons. The van der Waals surface area contributed by atoms with E-state index in [0.29, 0.717) is 0 Å². The topological polar surface area (TPSA) is 53.7 Å². The predicted molar refractivity (Wildman–Crippen MR) is 134 cm³/mol. The quantitative estimate of drug-likeness (QED) is 0.682. The van der Waals surface area contributed by atoms with Crippen LogP contribution in [-0.4, -0.2) is 49.4 Å². The normalized spacial score (nSPS) is 23.8. The molecule has 1 aliphatic carbocycles. The number of carbonyl (C=O) groups is 1. The second-order valence-corrected chi connectivity index (χ2v) is 9.66. The molecule has 0 unspecified atom stereocenters. The summed E-state index contributed by atoms with van der Waals surface area (Å²) in [6.07, 6.45) is 19.9. The lowest BCUT2D eigenvalue weighted by molar-refractivity contribution is -0.122. The Kier molecular flexibility index (Phi) is 4.99. The van der Waals surface area contributed by atoms with Crippen LogP contribution in [0.4, 0.5) is 0 Å². The molecule has 5 heterocycles. The number of aromatic nitrogens is 3. The van der Waals surface area contributed by atoms with Crippen molar-refractivity contribution in [2.45, 2.75) is 46.1 Å². The minimum absolute atomic E-state index is 0.0605. The van der Waals surface area contributed by atoms with Crippen LogP contribution in [0.1, 0.15) is 43.3 Å². The number of nitrogens with zero attached hydrogens (tertiary/aromatic N) is 5. The van der Waals surface area contributed by atoms with Crippen molar-refractivity contribution in [3.63, 3.8) is 0 Å². The van der Waals surface area contributed by atoms with E-state index in [4.69, 9.17) is 5.10 Å². The van der Waals surface area contributed by atoms with Gasteiger partial charge in [0.1, 0.15) is 0 Å². The molecule has 0 bridgehead atoms. The molecule has 0 spiro atoms. The number of fused-ring (bicyclic) bond motifs is 2. The average Bonchev–Trinajstić information content (AvgIpc) is 3.57. The lowest BCUT2D eigenvalue weighted by Gasteiger charge is -2.31. The van der Waals surface area contributed by atoms with Crippen molar-refractivity contribution in [2.75, 3.05) is 13.1 Å². The molecule has 0 N–H and O–H groups in total. The molecule has 4 aliphatic rings. The third-order valence-corrected chi connectivity index (χ3v) is 7.08. The van der Waals surface area contributed by atoms with Crippen molar-refractivity contribution in [2.24, 2.45) is 0 Å². The van der Waals surface area contributed by atoms with E-state index in [1.54, 1.807) is 11.0 Å².